The molecular weight excluding hydrogens is 590 g/mol. The maximum absolute atomic E-state index is 14.2. The molecule has 3 N–H and O–H groups in total. The second-order valence-electron chi connectivity index (χ2n) is 11.4. The standard InChI is InChI=1S/C31H36F2N6O4S/c1-2-3-13-44-31-34-29(26-30(35-31)39(37-36-26)24-16-25(43-12-11-40)28(42)27(24)41)38(17-18-7-5-4-6-8-18)23-15-20(23)19-9-10-21(32)22(33)14-19/h4-10,14,20,23-25,27-28,40-42H,2-3,11-13,15-17H2,1H3/t20-,23?,24+,25-,27?,28?/m0/s1. The molecule has 0 bridgehead atoms. The van der Waals surface area contributed by atoms with E-state index in [0.717, 1.165) is 35.8 Å². The van der Waals surface area contributed by atoms with Gasteiger partial charge in [0.15, 0.2) is 33.8 Å². The Balaban J connectivity index is 1.41. The summed E-state index contributed by atoms with van der Waals surface area (Å²) < 4.78 is 35.0. The minimum Gasteiger partial charge on any atom is -0.394 e. The molecule has 2 aliphatic rings. The van der Waals surface area contributed by atoms with Gasteiger partial charge in [0.1, 0.15) is 12.2 Å². The van der Waals surface area contributed by atoms with Crippen LogP contribution in [0.1, 0.15) is 55.7 Å². The third kappa shape index (κ3) is 6.29. The number of halogens is 2. The first kappa shape index (κ1) is 30.8. The van der Waals surface area contributed by atoms with E-state index in [1.165, 1.54) is 17.8 Å². The average molecular weight is 627 g/mol. The van der Waals surface area contributed by atoms with Crippen LogP contribution in [-0.2, 0) is 11.3 Å². The molecule has 3 unspecified atom stereocenters. The maximum atomic E-state index is 14.2. The first-order chi connectivity index (χ1) is 21.4. The quantitative estimate of drug-likeness (QED) is 0.114. The van der Waals surface area contributed by atoms with Gasteiger partial charge >= 0.3 is 0 Å². The van der Waals surface area contributed by atoms with Gasteiger partial charge in [-0.25, -0.2) is 23.4 Å². The summed E-state index contributed by atoms with van der Waals surface area (Å²) in [5, 5.41) is 40.3. The maximum Gasteiger partial charge on any atom is 0.191 e. The Hall–Kier alpha value is -3.23. The van der Waals surface area contributed by atoms with Gasteiger partial charge in [0.25, 0.3) is 0 Å². The minimum atomic E-state index is -1.18. The van der Waals surface area contributed by atoms with Gasteiger partial charge in [-0.2, -0.15) is 0 Å². The van der Waals surface area contributed by atoms with Crippen LogP contribution in [0, 0.1) is 11.6 Å². The highest BCUT2D eigenvalue weighted by atomic mass is 32.2. The average Bonchev–Trinajstić information content (AvgIpc) is 3.63. The molecule has 234 valence electrons. The molecule has 0 saturated heterocycles. The summed E-state index contributed by atoms with van der Waals surface area (Å²) >= 11 is 1.52. The van der Waals surface area contributed by atoms with Gasteiger partial charge in [-0.3, -0.25) is 0 Å². The van der Waals surface area contributed by atoms with Crippen molar-refractivity contribution in [2.45, 2.75) is 80.6 Å². The molecule has 0 aliphatic heterocycles. The Morgan fingerprint density at radius 2 is 1.86 bits per heavy atom. The smallest absolute Gasteiger partial charge is 0.191 e. The Morgan fingerprint density at radius 1 is 1.05 bits per heavy atom. The van der Waals surface area contributed by atoms with E-state index in [-0.39, 0.29) is 31.6 Å². The van der Waals surface area contributed by atoms with Crippen LogP contribution in [0.4, 0.5) is 14.6 Å². The number of unbranched alkanes of at least 4 members (excludes halogenated alkanes) is 1. The minimum absolute atomic E-state index is 0.0404. The molecule has 2 aromatic heterocycles. The van der Waals surface area contributed by atoms with Crippen LogP contribution in [0.15, 0.2) is 53.7 Å². The number of benzene rings is 2. The Labute approximate surface area is 258 Å². The lowest BCUT2D eigenvalue weighted by Crippen LogP contribution is -2.33. The van der Waals surface area contributed by atoms with Gasteiger partial charge in [0, 0.05) is 30.7 Å². The van der Waals surface area contributed by atoms with Crippen LogP contribution in [-0.4, -0.2) is 83.6 Å². The Kier molecular flexibility index (Phi) is 9.38. The molecule has 0 spiro atoms. The molecule has 2 aromatic carbocycles. The van der Waals surface area contributed by atoms with E-state index in [2.05, 4.69) is 22.1 Å². The predicted molar refractivity (Wildman–Crippen MR) is 161 cm³/mol. The summed E-state index contributed by atoms with van der Waals surface area (Å²) in [6.07, 6.45) is -0.0612. The van der Waals surface area contributed by atoms with Crippen LogP contribution in [0.2, 0.25) is 0 Å². The monoisotopic (exact) mass is 626 g/mol. The molecule has 13 heteroatoms. The number of aliphatic hydroxyl groups excluding tert-OH is 3. The summed E-state index contributed by atoms with van der Waals surface area (Å²) in [5.41, 5.74) is 2.63. The predicted octanol–water partition coefficient (Wildman–Crippen LogP) is 4.00. The molecule has 2 saturated carbocycles. The highest BCUT2D eigenvalue weighted by molar-refractivity contribution is 7.99. The second-order valence-corrected chi connectivity index (χ2v) is 12.4. The summed E-state index contributed by atoms with van der Waals surface area (Å²) in [7, 11) is 0. The number of fused-ring (bicyclic) bond motifs is 1. The number of ether oxygens (including phenoxy) is 1. The Bertz CT molecular complexity index is 1580. The van der Waals surface area contributed by atoms with Crippen LogP contribution < -0.4 is 4.90 Å². The lowest BCUT2D eigenvalue weighted by molar-refractivity contribution is -0.0629. The molecule has 6 rings (SSSR count). The van der Waals surface area contributed by atoms with Gasteiger partial charge in [-0.15, -0.1) is 5.10 Å². The van der Waals surface area contributed by atoms with Crippen molar-refractivity contribution in [3.8, 4) is 0 Å². The third-order valence-corrected chi connectivity index (χ3v) is 9.28. The van der Waals surface area contributed by atoms with E-state index in [1.807, 2.05) is 30.3 Å². The number of hydrogen-bond acceptors (Lipinski definition) is 10. The zero-order valence-corrected chi connectivity index (χ0v) is 25.2. The molecule has 4 aromatic rings. The number of aromatic nitrogens is 5. The summed E-state index contributed by atoms with van der Waals surface area (Å²) in [5.74, 6) is -0.409. The van der Waals surface area contributed by atoms with E-state index >= 15 is 0 Å². The van der Waals surface area contributed by atoms with E-state index < -0.39 is 36.0 Å². The number of aliphatic hydroxyl groups is 3. The summed E-state index contributed by atoms with van der Waals surface area (Å²) in [4.78, 5) is 11.9. The van der Waals surface area contributed by atoms with E-state index in [4.69, 9.17) is 14.7 Å². The molecule has 0 amide bonds. The number of thioether (sulfide) groups is 1. The fraction of sp³-hybridized carbons (Fsp3) is 0.484. The molecule has 0 radical (unpaired) electrons. The van der Waals surface area contributed by atoms with Crippen molar-refractivity contribution in [2.75, 3.05) is 23.9 Å². The van der Waals surface area contributed by atoms with Crippen molar-refractivity contribution in [3.05, 3.63) is 71.3 Å². The second kappa shape index (κ2) is 13.4. The fourth-order valence-electron chi connectivity index (χ4n) is 5.93. The lowest BCUT2D eigenvalue weighted by Gasteiger charge is -2.25. The first-order valence-electron chi connectivity index (χ1n) is 15.0. The van der Waals surface area contributed by atoms with Crippen molar-refractivity contribution in [2.24, 2.45) is 0 Å². The van der Waals surface area contributed by atoms with Gasteiger partial charge in [0.05, 0.1) is 25.4 Å². The van der Waals surface area contributed by atoms with Gasteiger partial charge in [0.2, 0.25) is 0 Å². The fourth-order valence-corrected chi connectivity index (χ4v) is 6.85. The summed E-state index contributed by atoms with van der Waals surface area (Å²) in [6, 6.07) is 13.3. The largest absolute Gasteiger partial charge is 0.394 e. The third-order valence-electron chi connectivity index (χ3n) is 8.35. The van der Waals surface area contributed by atoms with Crippen molar-refractivity contribution in [1.29, 1.82) is 0 Å². The zero-order valence-electron chi connectivity index (χ0n) is 24.3. The lowest BCUT2D eigenvalue weighted by atomic mass is 10.1. The molecule has 44 heavy (non-hydrogen) atoms. The first-order valence-corrected chi connectivity index (χ1v) is 16.0. The number of rotatable bonds is 13. The van der Waals surface area contributed by atoms with Gasteiger partial charge in [-0.1, -0.05) is 66.7 Å². The van der Waals surface area contributed by atoms with Crippen LogP contribution in [0.5, 0.6) is 0 Å². The highest BCUT2D eigenvalue weighted by Crippen LogP contribution is 2.48. The normalized spacial score (nSPS) is 24.7. The van der Waals surface area contributed by atoms with E-state index in [9.17, 15) is 24.1 Å². The molecule has 6 atom stereocenters. The molecule has 2 fully saturated rings. The van der Waals surface area contributed by atoms with Gasteiger partial charge in [-0.05, 0) is 36.1 Å². The number of anilines is 1. The zero-order chi connectivity index (χ0) is 30.8. The van der Waals surface area contributed by atoms with Crippen molar-refractivity contribution in [1.82, 2.24) is 25.0 Å². The highest BCUT2D eigenvalue weighted by Gasteiger charge is 2.47. The van der Waals surface area contributed by atoms with Crippen LogP contribution >= 0.6 is 11.8 Å². The van der Waals surface area contributed by atoms with Gasteiger partial charge < -0.3 is 25.0 Å². The van der Waals surface area contributed by atoms with Crippen molar-refractivity contribution >= 4 is 28.7 Å². The molecule has 2 heterocycles. The molecular formula is C31H36F2N6O4S. The number of nitrogens with zero attached hydrogens (tertiary/aromatic N) is 6. The van der Waals surface area contributed by atoms with E-state index in [1.54, 1.807) is 10.7 Å². The van der Waals surface area contributed by atoms with Crippen molar-refractivity contribution < 1.29 is 28.8 Å². The van der Waals surface area contributed by atoms with Crippen molar-refractivity contribution in [3.63, 3.8) is 0 Å². The van der Waals surface area contributed by atoms with E-state index in [0.29, 0.717) is 35.1 Å². The molecule has 10 nitrogen and oxygen atoms in total. The number of hydrogen-bond donors (Lipinski definition) is 3. The van der Waals surface area contributed by atoms with Crippen LogP contribution in [0.25, 0.3) is 11.2 Å². The topological polar surface area (TPSA) is 130 Å². The molecule has 2 aliphatic carbocycles. The SMILES string of the molecule is CCCCSc1nc(N(Cc2ccccc2)C2C[C@H]2c2ccc(F)c(F)c2)c2nnn([C@@H]3C[C@H](OCCO)C(O)C3O)c2n1. The summed E-state index contributed by atoms with van der Waals surface area (Å²) in [6.45, 7) is 2.45. The van der Waals surface area contributed by atoms with Crippen LogP contribution in [0.3, 0.4) is 0 Å². The Morgan fingerprint density at radius 3 is 2.61 bits per heavy atom.